The summed E-state index contributed by atoms with van der Waals surface area (Å²) >= 11 is 0. The molecule has 2 aliphatic rings. The molecule has 4 rings (SSSR count). The lowest BCUT2D eigenvalue weighted by Gasteiger charge is -2.33. The fraction of sp³-hybridized carbons (Fsp3) is 0.250. The quantitative estimate of drug-likeness (QED) is 0.837. The van der Waals surface area contributed by atoms with Crippen LogP contribution < -0.4 is 9.64 Å². The van der Waals surface area contributed by atoms with E-state index in [1.54, 1.807) is 42.5 Å². The van der Waals surface area contributed by atoms with Crippen molar-refractivity contribution in [2.45, 2.75) is 12.5 Å². The number of methoxy groups -OCH3 is 1. The molecule has 3 amide bonds. The largest absolute Gasteiger partial charge is 0.497 e. The van der Waals surface area contributed by atoms with Crippen LogP contribution in [-0.2, 0) is 4.79 Å². The van der Waals surface area contributed by atoms with Gasteiger partial charge in [0.25, 0.3) is 11.8 Å². The van der Waals surface area contributed by atoms with Crippen molar-refractivity contribution >= 4 is 23.4 Å². The van der Waals surface area contributed by atoms with E-state index in [4.69, 9.17) is 4.74 Å². The number of imide groups is 1. The van der Waals surface area contributed by atoms with Crippen molar-refractivity contribution in [3.8, 4) is 5.75 Å². The minimum atomic E-state index is -0.696. The van der Waals surface area contributed by atoms with Crippen molar-refractivity contribution in [1.29, 1.82) is 0 Å². The van der Waals surface area contributed by atoms with Gasteiger partial charge in [0.1, 0.15) is 12.3 Å². The van der Waals surface area contributed by atoms with E-state index in [2.05, 4.69) is 0 Å². The Bertz CT molecular complexity index is 920. The van der Waals surface area contributed by atoms with Gasteiger partial charge in [-0.15, -0.1) is 0 Å². The summed E-state index contributed by atoms with van der Waals surface area (Å²) < 4.78 is 5.18. The molecule has 0 saturated heterocycles. The van der Waals surface area contributed by atoms with Crippen molar-refractivity contribution in [1.82, 2.24) is 4.90 Å². The molecule has 138 valence electrons. The zero-order valence-corrected chi connectivity index (χ0v) is 14.7. The Morgan fingerprint density at radius 2 is 1.81 bits per heavy atom. The summed E-state index contributed by atoms with van der Waals surface area (Å²) in [5.41, 5.74) is 1.79. The van der Waals surface area contributed by atoms with E-state index >= 15 is 0 Å². The second-order valence-corrected chi connectivity index (χ2v) is 6.52. The summed E-state index contributed by atoms with van der Waals surface area (Å²) in [6, 6.07) is 11.6. The Morgan fingerprint density at radius 3 is 2.44 bits per heavy atom. The van der Waals surface area contributed by atoms with Crippen LogP contribution in [0.5, 0.6) is 5.75 Å². The number of anilines is 1. The first-order valence-electron chi connectivity index (χ1n) is 8.63. The van der Waals surface area contributed by atoms with Crippen LogP contribution in [0.4, 0.5) is 5.69 Å². The lowest BCUT2D eigenvalue weighted by molar-refractivity contribution is -0.119. The van der Waals surface area contributed by atoms with Crippen LogP contribution in [0.1, 0.15) is 38.8 Å². The smallest absolute Gasteiger partial charge is 0.262 e. The van der Waals surface area contributed by atoms with E-state index in [1.807, 2.05) is 0 Å². The van der Waals surface area contributed by atoms with Gasteiger partial charge < -0.3 is 14.7 Å². The number of amides is 3. The van der Waals surface area contributed by atoms with Gasteiger partial charge in [0, 0.05) is 17.8 Å². The molecule has 27 heavy (non-hydrogen) atoms. The van der Waals surface area contributed by atoms with Crippen LogP contribution in [0.2, 0.25) is 0 Å². The molecule has 0 aromatic heterocycles. The maximum atomic E-state index is 12.9. The average Bonchev–Trinajstić information content (AvgIpc) is 2.93. The third kappa shape index (κ3) is 2.76. The molecule has 1 unspecified atom stereocenters. The lowest BCUT2D eigenvalue weighted by atomic mass is 9.98. The predicted octanol–water partition coefficient (Wildman–Crippen LogP) is 1.76. The molecule has 2 aromatic rings. The number of benzene rings is 2. The van der Waals surface area contributed by atoms with Crippen LogP contribution in [0.3, 0.4) is 0 Å². The lowest BCUT2D eigenvalue weighted by Crippen LogP contribution is -2.45. The number of nitrogens with zero attached hydrogens (tertiary/aromatic N) is 2. The van der Waals surface area contributed by atoms with Crippen LogP contribution in [-0.4, -0.2) is 47.9 Å². The number of carbonyl (C=O) groups excluding carboxylic acids is 3. The average molecular weight is 366 g/mol. The Morgan fingerprint density at radius 1 is 1.15 bits per heavy atom. The van der Waals surface area contributed by atoms with Gasteiger partial charge >= 0.3 is 0 Å². The molecule has 0 fully saturated rings. The Kier molecular flexibility index (Phi) is 4.16. The van der Waals surface area contributed by atoms with Gasteiger partial charge in [-0.05, 0) is 36.8 Å². The number of ether oxygens (including phenoxy) is 1. The number of fused-ring (bicyclic) bond motifs is 2. The van der Waals surface area contributed by atoms with Gasteiger partial charge in [-0.2, -0.15) is 0 Å². The first-order valence-corrected chi connectivity index (χ1v) is 8.63. The highest BCUT2D eigenvalue weighted by atomic mass is 16.5. The Labute approximate surface area is 155 Å². The number of hydrogen-bond donors (Lipinski definition) is 1. The maximum Gasteiger partial charge on any atom is 0.262 e. The third-order valence-electron chi connectivity index (χ3n) is 4.98. The van der Waals surface area contributed by atoms with Crippen molar-refractivity contribution in [3.05, 3.63) is 59.2 Å². The summed E-state index contributed by atoms with van der Waals surface area (Å²) in [5.74, 6) is -0.711. The van der Waals surface area contributed by atoms with Crippen molar-refractivity contribution < 1.29 is 24.2 Å². The normalized spacial score (nSPS) is 18.4. The molecule has 2 heterocycles. The second-order valence-electron chi connectivity index (χ2n) is 6.52. The zero-order valence-electron chi connectivity index (χ0n) is 14.7. The molecule has 7 nitrogen and oxygen atoms in total. The van der Waals surface area contributed by atoms with Gasteiger partial charge in [-0.3, -0.25) is 19.3 Å². The fourth-order valence-corrected chi connectivity index (χ4v) is 3.56. The van der Waals surface area contributed by atoms with Gasteiger partial charge in [0.2, 0.25) is 5.91 Å². The van der Waals surface area contributed by atoms with E-state index in [9.17, 15) is 19.5 Å². The Balaban J connectivity index is 1.59. The maximum absolute atomic E-state index is 12.9. The summed E-state index contributed by atoms with van der Waals surface area (Å²) in [5, 5.41) is 10.3. The topological polar surface area (TPSA) is 87.2 Å². The molecule has 1 N–H and O–H groups in total. The van der Waals surface area contributed by atoms with Gasteiger partial charge in [0.15, 0.2) is 0 Å². The molecule has 0 radical (unpaired) electrons. The first kappa shape index (κ1) is 17.2. The van der Waals surface area contributed by atoms with E-state index < -0.39 is 17.9 Å². The molecule has 0 bridgehead atoms. The number of rotatable bonds is 3. The first-order chi connectivity index (χ1) is 13.0. The van der Waals surface area contributed by atoms with E-state index in [1.165, 1.54) is 12.0 Å². The number of aliphatic hydroxyl groups excluding tert-OH is 1. The van der Waals surface area contributed by atoms with E-state index in [-0.39, 0.29) is 12.5 Å². The summed E-state index contributed by atoms with van der Waals surface area (Å²) in [6.45, 7) is -0.0313. The van der Waals surface area contributed by atoms with Crippen molar-refractivity contribution in [3.63, 3.8) is 0 Å². The standard InChI is InChI=1S/C20H18N2O5/c1-27-12-6-7-16-15(10-12)17(23)8-9-21(16)18(24)11-22-19(25)13-4-2-3-5-14(13)20(22)26/h2-7,10,17,23H,8-9,11H2,1H3. The number of aliphatic hydroxyl groups is 1. The third-order valence-corrected chi connectivity index (χ3v) is 4.98. The molecular weight excluding hydrogens is 348 g/mol. The second kappa shape index (κ2) is 6.51. The predicted molar refractivity (Wildman–Crippen MR) is 96.7 cm³/mol. The highest BCUT2D eigenvalue weighted by molar-refractivity contribution is 6.22. The van der Waals surface area contributed by atoms with Gasteiger partial charge in [-0.1, -0.05) is 12.1 Å². The molecular formula is C20H18N2O5. The Hall–Kier alpha value is -3.19. The highest BCUT2D eigenvalue weighted by Gasteiger charge is 2.38. The van der Waals surface area contributed by atoms with Crippen LogP contribution in [0, 0.1) is 0 Å². The fourth-order valence-electron chi connectivity index (χ4n) is 3.56. The highest BCUT2D eigenvalue weighted by Crippen LogP contribution is 2.36. The van der Waals surface area contributed by atoms with Crippen LogP contribution >= 0.6 is 0 Å². The molecule has 0 aliphatic carbocycles. The summed E-state index contributed by atoms with van der Waals surface area (Å²) in [4.78, 5) is 40.3. The molecule has 7 heteroatoms. The summed E-state index contributed by atoms with van der Waals surface area (Å²) in [7, 11) is 1.53. The summed E-state index contributed by atoms with van der Waals surface area (Å²) in [6.07, 6.45) is -0.327. The van der Waals surface area contributed by atoms with Gasteiger partial charge in [-0.25, -0.2) is 0 Å². The molecule has 2 aromatic carbocycles. The molecule has 2 aliphatic heterocycles. The van der Waals surface area contributed by atoms with Crippen LogP contribution in [0.25, 0.3) is 0 Å². The van der Waals surface area contributed by atoms with Gasteiger partial charge in [0.05, 0.1) is 24.3 Å². The van der Waals surface area contributed by atoms with E-state index in [0.717, 1.165) is 4.90 Å². The zero-order chi connectivity index (χ0) is 19.1. The number of hydrogen-bond acceptors (Lipinski definition) is 5. The minimum Gasteiger partial charge on any atom is -0.497 e. The minimum absolute atomic E-state index is 0.308. The molecule has 0 saturated carbocycles. The van der Waals surface area contributed by atoms with Crippen LogP contribution in [0.15, 0.2) is 42.5 Å². The monoisotopic (exact) mass is 366 g/mol. The van der Waals surface area contributed by atoms with Crippen molar-refractivity contribution in [2.24, 2.45) is 0 Å². The molecule has 0 spiro atoms. The van der Waals surface area contributed by atoms with Crippen molar-refractivity contribution in [2.75, 3.05) is 25.1 Å². The SMILES string of the molecule is COc1ccc2c(c1)C(O)CCN2C(=O)CN1C(=O)c2ccccc2C1=O. The van der Waals surface area contributed by atoms with E-state index in [0.29, 0.717) is 41.1 Å². The molecule has 1 atom stereocenters. The number of carbonyl (C=O) groups is 3.